The maximum atomic E-state index is 13.0. The van der Waals surface area contributed by atoms with Crippen LogP contribution in [-0.4, -0.2) is 83.7 Å². The SMILES string of the molecule is Cc1cc(CNC[C@H](O)c2ccc(O)c3[nH]c(=O)ccc23)ccc1NC(=O)CCCc1ccc(-c2ccccc2)c(NC(=O)OC2CC[N+](C)(C)CC2)c1.O=C([O-])C(F)(F)F. The van der Waals surface area contributed by atoms with Crippen LogP contribution in [0.1, 0.15) is 54.0 Å². The number of piperidine rings is 1. The summed E-state index contributed by atoms with van der Waals surface area (Å²) in [5.41, 5.74) is 6.82. The molecule has 1 aliphatic rings. The van der Waals surface area contributed by atoms with E-state index in [0.717, 1.165) is 63.9 Å². The van der Waals surface area contributed by atoms with E-state index in [1.54, 1.807) is 12.1 Å². The summed E-state index contributed by atoms with van der Waals surface area (Å²) in [4.78, 5) is 49.1. The van der Waals surface area contributed by atoms with Crippen molar-refractivity contribution >= 4 is 40.2 Å². The van der Waals surface area contributed by atoms with Crippen molar-refractivity contribution in [2.45, 2.75) is 64.0 Å². The first-order valence-electron chi connectivity index (χ1n) is 19.8. The van der Waals surface area contributed by atoms with Gasteiger partial charge in [0.25, 0.3) is 0 Å². The van der Waals surface area contributed by atoms with Crippen LogP contribution < -0.4 is 26.6 Å². The van der Waals surface area contributed by atoms with E-state index in [1.807, 2.05) is 73.7 Å². The number of benzene rings is 4. The van der Waals surface area contributed by atoms with Crippen LogP contribution in [0, 0.1) is 6.92 Å². The Morgan fingerprint density at radius 2 is 1.61 bits per heavy atom. The first kappa shape index (κ1) is 45.8. The van der Waals surface area contributed by atoms with Crippen LogP contribution in [0.4, 0.5) is 29.3 Å². The number of aryl methyl sites for hydroxylation is 2. The van der Waals surface area contributed by atoms with E-state index >= 15 is 0 Å². The molecule has 0 spiro atoms. The predicted octanol–water partition coefficient (Wildman–Crippen LogP) is 6.08. The zero-order valence-electron chi connectivity index (χ0n) is 34.1. The number of pyridine rings is 1. The number of hydrogen-bond acceptors (Lipinski definition) is 9. The molecule has 6 N–H and O–H groups in total. The maximum Gasteiger partial charge on any atom is 0.430 e. The summed E-state index contributed by atoms with van der Waals surface area (Å²) in [6.45, 7) is 4.64. The maximum absolute atomic E-state index is 13.0. The van der Waals surface area contributed by atoms with Gasteiger partial charge in [0.1, 0.15) is 17.8 Å². The lowest BCUT2D eigenvalue weighted by Gasteiger charge is -2.36. The highest BCUT2D eigenvalue weighted by Gasteiger charge is 2.29. The Labute approximate surface area is 350 Å². The first-order valence-corrected chi connectivity index (χ1v) is 19.8. The number of anilines is 2. The Morgan fingerprint density at radius 1 is 0.918 bits per heavy atom. The van der Waals surface area contributed by atoms with Crippen molar-refractivity contribution in [1.82, 2.24) is 10.3 Å². The lowest BCUT2D eigenvalue weighted by Crippen LogP contribution is -2.48. The van der Waals surface area contributed by atoms with Crippen molar-refractivity contribution in [3.63, 3.8) is 0 Å². The van der Waals surface area contributed by atoms with Gasteiger partial charge in [-0.25, -0.2) is 4.79 Å². The topological polar surface area (TPSA) is 193 Å². The minimum absolute atomic E-state index is 0.0524. The third kappa shape index (κ3) is 13.4. The lowest BCUT2D eigenvalue weighted by atomic mass is 9.99. The number of aromatic hydroxyl groups is 1. The Kier molecular flexibility index (Phi) is 15.3. The van der Waals surface area contributed by atoms with E-state index in [9.17, 15) is 37.8 Å². The minimum atomic E-state index is -5.19. The van der Waals surface area contributed by atoms with Crippen LogP contribution in [0.3, 0.4) is 0 Å². The Balaban J connectivity index is 0.000000925. The number of alkyl halides is 3. The van der Waals surface area contributed by atoms with Gasteiger partial charge in [-0.1, -0.05) is 60.7 Å². The number of quaternary nitrogens is 1. The van der Waals surface area contributed by atoms with E-state index in [-0.39, 0.29) is 29.9 Å². The number of carboxylic acid groups (broad SMARTS) is 1. The standard InChI is InChI=1S/C43H49N5O6.C2HF3O2/c1-28-24-30(26-44-27-39(50)34-15-18-38(49)42-35(34)16-19-41(52)47-42)13-17-36(28)45-40(51)11-7-8-29-12-14-33(31-9-5-4-6-10-31)37(25-29)46-43(53)54-32-20-22-48(2,3)23-21-32;3-2(4,5)1(6)7/h4-6,9-10,12-19,24-25,32,39,44,50H,7-8,11,20-23,26-27H2,1-3H3,(H3-,45,46,47,49,51,52,53);(H,6,7)/t39-;/m0./s1. The number of phenolic OH excluding ortho intramolecular Hbond substituents is 1. The van der Waals surface area contributed by atoms with Crippen molar-refractivity contribution in [2.24, 2.45) is 0 Å². The molecule has 61 heavy (non-hydrogen) atoms. The fourth-order valence-electron chi connectivity index (χ4n) is 7.03. The van der Waals surface area contributed by atoms with Gasteiger partial charge in [-0.05, 0) is 71.8 Å². The molecule has 324 valence electrons. The molecule has 1 aromatic heterocycles. The van der Waals surface area contributed by atoms with Crippen LogP contribution in [0.15, 0.2) is 95.8 Å². The molecule has 5 aromatic rings. The molecule has 0 radical (unpaired) electrons. The second kappa shape index (κ2) is 20.4. The molecule has 2 heterocycles. The molecule has 6 rings (SSSR count). The molecule has 0 bridgehead atoms. The summed E-state index contributed by atoms with van der Waals surface area (Å²) in [5.74, 6) is -3.14. The van der Waals surface area contributed by atoms with E-state index < -0.39 is 24.3 Å². The average Bonchev–Trinajstić information content (AvgIpc) is 3.20. The van der Waals surface area contributed by atoms with E-state index in [4.69, 9.17) is 14.6 Å². The molecular weight excluding hydrogens is 796 g/mol. The van der Waals surface area contributed by atoms with Crippen LogP contribution in [0.25, 0.3) is 22.0 Å². The quantitative estimate of drug-likeness (QED) is 0.0763. The normalized spacial score (nSPS) is 14.3. The van der Waals surface area contributed by atoms with Crippen LogP contribution in [-0.2, 0) is 27.3 Å². The molecule has 1 atom stereocenters. The van der Waals surface area contributed by atoms with Crippen LogP contribution in [0.2, 0.25) is 0 Å². The highest BCUT2D eigenvalue weighted by atomic mass is 19.4. The summed E-state index contributed by atoms with van der Waals surface area (Å²) in [5, 5.41) is 39.7. The van der Waals surface area contributed by atoms with Gasteiger partial charge in [0.2, 0.25) is 11.5 Å². The van der Waals surface area contributed by atoms with Gasteiger partial charge in [0.05, 0.1) is 44.5 Å². The zero-order chi connectivity index (χ0) is 44.3. The van der Waals surface area contributed by atoms with Gasteiger partial charge in [0, 0.05) is 55.1 Å². The minimum Gasteiger partial charge on any atom is -0.542 e. The number of aliphatic hydroxyl groups excluding tert-OH is 1. The molecule has 0 unspecified atom stereocenters. The van der Waals surface area contributed by atoms with Gasteiger partial charge in [0.15, 0.2) is 0 Å². The number of rotatable bonds is 13. The molecule has 16 heteroatoms. The van der Waals surface area contributed by atoms with Gasteiger partial charge in [-0.3, -0.25) is 14.9 Å². The number of aromatic nitrogens is 1. The summed E-state index contributed by atoms with van der Waals surface area (Å²) >= 11 is 0. The second-order valence-electron chi connectivity index (χ2n) is 15.6. The Morgan fingerprint density at radius 3 is 2.28 bits per heavy atom. The molecule has 1 saturated heterocycles. The third-order valence-corrected chi connectivity index (χ3v) is 10.4. The number of halogens is 3. The highest BCUT2D eigenvalue weighted by Crippen LogP contribution is 2.31. The number of nitrogens with one attached hydrogen (secondary N) is 4. The predicted molar refractivity (Wildman–Crippen MR) is 224 cm³/mol. The van der Waals surface area contributed by atoms with E-state index in [1.165, 1.54) is 12.1 Å². The van der Waals surface area contributed by atoms with Crippen molar-refractivity contribution in [3.8, 4) is 16.9 Å². The number of likely N-dealkylation sites (tertiary alicyclic amines) is 1. The van der Waals surface area contributed by atoms with Crippen LogP contribution in [0.5, 0.6) is 5.75 Å². The molecule has 4 aromatic carbocycles. The molecule has 1 aliphatic heterocycles. The molecular formula is C45H50F3N5O8. The van der Waals surface area contributed by atoms with Crippen molar-refractivity contribution < 1.29 is 52.1 Å². The van der Waals surface area contributed by atoms with E-state index in [0.29, 0.717) is 48.0 Å². The average molecular weight is 846 g/mol. The Hall–Kier alpha value is -6.23. The highest BCUT2D eigenvalue weighted by molar-refractivity contribution is 5.93. The largest absolute Gasteiger partial charge is 0.542 e. The summed E-state index contributed by atoms with van der Waals surface area (Å²) in [6.07, 6.45) is -3.29. The molecule has 0 aliphatic carbocycles. The molecule has 0 saturated carbocycles. The van der Waals surface area contributed by atoms with Crippen molar-refractivity contribution in [1.29, 1.82) is 0 Å². The molecule has 1 fully saturated rings. The second-order valence-corrected chi connectivity index (χ2v) is 15.6. The third-order valence-electron chi connectivity index (χ3n) is 10.4. The number of carbonyl (C=O) groups is 3. The fourth-order valence-corrected chi connectivity index (χ4v) is 7.03. The van der Waals surface area contributed by atoms with Crippen molar-refractivity contribution in [2.75, 3.05) is 44.4 Å². The number of amides is 2. The number of hydrogen-bond donors (Lipinski definition) is 6. The Bertz CT molecular complexity index is 2380. The van der Waals surface area contributed by atoms with Gasteiger partial charge in [-0.2, -0.15) is 13.2 Å². The van der Waals surface area contributed by atoms with Gasteiger partial charge in [-0.15, -0.1) is 0 Å². The lowest BCUT2D eigenvalue weighted by molar-refractivity contribution is -0.896. The first-order chi connectivity index (χ1) is 28.9. The number of carbonyl (C=O) groups excluding carboxylic acids is 3. The van der Waals surface area contributed by atoms with Crippen molar-refractivity contribution in [3.05, 3.63) is 124 Å². The zero-order valence-corrected chi connectivity index (χ0v) is 34.1. The molecule has 2 amide bonds. The number of ether oxygens (including phenoxy) is 1. The summed E-state index contributed by atoms with van der Waals surface area (Å²) in [6, 6.07) is 27.9. The number of phenols is 1. The monoisotopic (exact) mass is 845 g/mol. The van der Waals surface area contributed by atoms with Crippen LogP contribution >= 0.6 is 0 Å². The summed E-state index contributed by atoms with van der Waals surface area (Å²) < 4.78 is 38.3. The number of H-pyrrole nitrogens is 1. The number of aliphatic hydroxyl groups is 1. The number of fused-ring (bicyclic) bond motifs is 1. The number of nitrogens with zero attached hydrogens (tertiary/aromatic N) is 1. The fraction of sp³-hybridized carbons (Fsp3) is 0.333. The number of aliphatic carboxylic acids is 1. The van der Waals surface area contributed by atoms with E-state index in [2.05, 4.69) is 35.0 Å². The number of carboxylic acids is 1. The smallest absolute Gasteiger partial charge is 0.430 e. The van der Waals surface area contributed by atoms with Gasteiger partial charge >= 0.3 is 12.3 Å². The molecule has 13 nitrogen and oxygen atoms in total. The number of aromatic amines is 1. The summed E-state index contributed by atoms with van der Waals surface area (Å²) in [7, 11) is 4.39. The van der Waals surface area contributed by atoms with Gasteiger partial charge < -0.3 is 45.0 Å².